The molecule has 0 bridgehead atoms. The molecular formula is C14H26O3. The third-order valence-corrected chi connectivity index (χ3v) is 3.91. The van der Waals surface area contributed by atoms with Crippen molar-refractivity contribution in [1.82, 2.24) is 0 Å². The van der Waals surface area contributed by atoms with Crippen molar-refractivity contribution in [1.29, 1.82) is 0 Å². The second-order valence-corrected chi connectivity index (χ2v) is 5.13. The van der Waals surface area contributed by atoms with Gasteiger partial charge in [0.25, 0.3) is 0 Å². The summed E-state index contributed by atoms with van der Waals surface area (Å²) in [6, 6.07) is 0. The smallest absolute Gasteiger partial charge is 0.0839 e. The van der Waals surface area contributed by atoms with Crippen molar-refractivity contribution < 1.29 is 14.2 Å². The van der Waals surface area contributed by atoms with Gasteiger partial charge in [-0.25, -0.2) is 0 Å². The molecule has 2 aliphatic heterocycles. The average Bonchev–Trinajstić information content (AvgIpc) is 3.03. The fourth-order valence-electron chi connectivity index (χ4n) is 2.91. The van der Waals surface area contributed by atoms with Crippen molar-refractivity contribution in [2.24, 2.45) is 0 Å². The van der Waals surface area contributed by atoms with Gasteiger partial charge in [-0.15, -0.1) is 0 Å². The van der Waals surface area contributed by atoms with Crippen LogP contribution >= 0.6 is 0 Å². The van der Waals surface area contributed by atoms with Crippen molar-refractivity contribution in [2.75, 3.05) is 13.2 Å². The van der Waals surface area contributed by atoms with Crippen molar-refractivity contribution >= 4 is 0 Å². The summed E-state index contributed by atoms with van der Waals surface area (Å²) in [6.07, 6.45) is 7.88. The van der Waals surface area contributed by atoms with Crippen LogP contribution in [0.5, 0.6) is 0 Å². The van der Waals surface area contributed by atoms with Gasteiger partial charge in [-0.2, -0.15) is 0 Å². The quantitative estimate of drug-likeness (QED) is 0.717. The van der Waals surface area contributed by atoms with Crippen LogP contribution in [-0.4, -0.2) is 37.6 Å². The maximum absolute atomic E-state index is 6.27. The van der Waals surface area contributed by atoms with E-state index in [1.165, 1.54) is 12.8 Å². The number of rotatable bonds is 6. The van der Waals surface area contributed by atoms with Crippen LogP contribution in [0.15, 0.2) is 0 Å². The highest BCUT2D eigenvalue weighted by atomic mass is 16.6. The summed E-state index contributed by atoms with van der Waals surface area (Å²) in [4.78, 5) is 0. The number of ether oxygens (including phenoxy) is 3. The zero-order valence-corrected chi connectivity index (χ0v) is 11.2. The zero-order chi connectivity index (χ0) is 12.1. The third-order valence-electron chi connectivity index (χ3n) is 3.91. The Bertz CT molecular complexity index is 186. The van der Waals surface area contributed by atoms with E-state index >= 15 is 0 Å². The van der Waals surface area contributed by atoms with Gasteiger partial charge in [-0.1, -0.05) is 13.8 Å². The first kappa shape index (κ1) is 13.3. The summed E-state index contributed by atoms with van der Waals surface area (Å²) in [5.41, 5.74) is 0. The molecule has 0 radical (unpaired) electrons. The van der Waals surface area contributed by atoms with E-state index in [0.717, 1.165) is 38.9 Å². The molecule has 0 aromatic rings. The predicted octanol–water partition coefficient (Wildman–Crippen LogP) is 2.92. The second-order valence-electron chi connectivity index (χ2n) is 5.13. The number of hydrogen-bond donors (Lipinski definition) is 0. The Balaban J connectivity index is 1.86. The maximum atomic E-state index is 6.27. The number of hydrogen-bond acceptors (Lipinski definition) is 3. The van der Waals surface area contributed by atoms with Crippen LogP contribution in [0.25, 0.3) is 0 Å². The first-order chi connectivity index (χ1) is 8.35. The van der Waals surface area contributed by atoms with Gasteiger partial charge in [0.1, 0.15) is 0 Å². The minimum atomic E-state index is 0.256. The van der Waals surface area contributed by atoms with Crippen LogP contribution in [0.3, 0.4) is 0 Å². The molecule has 3 nitrogen and oxygen atoms in total. The van der Waals surface area contributed by atoms with Crippen molar-refractivity contribution in [3.63, 3.8) is 0 Å². The molecule has 0 aliphatic carbocycles. The van der Waals surface area contributed by atoms with Gasteiger partial charge in [-0.3, -0.25) is 0 Å². The fraction of sp³-hybridized carbons (Fsp3) is 1.00. The molecule has 0 aromatic heterocycles. The maximum Gasteiger partial charge on any atom is 0.0839 e. The van der Waals surface area contributed by atoms with Gasteiger partial charge in [0.05, 0.1) is 24.4 Å². The summed E-state index contributed by atoms with van der Waals surface area (Å²) < 4.78 is 17.8. The van der Waals surface area contributed by atoms with E-state index in [1.807, 2.05) is 0 Å². The standard InChI is InChI=1S/C14H26O3/c1-3-11(13-7-5-9-15-13)17-12(4-2)14-8-6-10-16-14/h11-14H,3-10H2,1-2H3. The SMILES string of the molecule is CCC(OC(CC)C1CCCO1)C1CCCO1. The highest BCUT2D eigenvalue weighted by Crippen LogP contribution is 2.26. The molecular weight excluding hydrogens is 216 g/mol. The van der Waals surface area contributed by atoms with Gasteiger partial charge >= 0.3 is 0 Å². The summed E-state index contributed by atoms with van der Waals surface area (Å²) >= 11 is 0. The molecule has 17 heavy (non-hydrogen) atoms. The van der Waals surface area contributed by atoms with Gasteiger partial charge in [-0.05, 0) is 38.5 Å². The lowest BCUT2D eigenvalue weighted by Crippen LogP contribution is -2.37. The van der Waals surface area contributed by atoms with E-state index in [4.69, 9.17) is 14.2 Å². The predicted molar refractivity (Wildman–Crippen MR) is 67.2 cm³/mol. The molecule has 3 heteroatoms. The van der Waals surface area contributed by atoms with E-state index < -0.39 is 0 Å². The lowest BCUT2D eigenvalue weighted by molar-refractivity contribution is -0.124. The molecule has 0 aromatic carbocycles. The molecule has 2 heterocycles. The molecule has 4 atom stereocenters. The third kappa shape index (κ3) is 3.43. The van der Waals surface area contributed by atoms with E-state index in [-0.39, 0.29) is 12.2 Å². The molecule has 2 fully saturated rings. The zero-order valence-electron chi connectivity index (χ0n) is 11.2. The Labute approximate surface area is 105 Å². The fourth-order valence-corrected chi connectivity index (χ4v) is 2.91. The monoisotopic (exact) mass is 242 g/mol. The minimum Gasteiger partial charge on any atom is -0.376 e. The van der Waals surface area contributed by atoms with Crippen molar-refractivity contribution in [3.05, 3.63) is 0 Å². The lowest BCUT2D eigenvalue weighted by atomic mass is 10.1. The summed E-state index contributed by atoms with van der Waals surface area (Å²) in [6.45, 7) is 6.19. The Kier molecular flexibility index (Phi) is 5.26. The molecule has 100 valence electrons. The first-order valence-corrected chi connectivity index (χ1v) is 7.23. The highest BCUT2D eigenvalue weighted by molar-refractivity contribution is 4.80. The van der Waals surface area contributed by atoms with E-state index in [9.17, 15) is 0 Å². The second kappa shape index (κ2) is 6.72. The van der Waals surface area contributed by atoms with Crippen LogP contribution < -0.4 is 0 Å². The molecule has 4 unspecified atom stereocenters. The summed E-state index contributed by atoms with van der Waals surface area (Å²) in [5.74, 6) is 0. The largest absolute Gasteiger partial charge is 0.376 e. The van der Waals surface area contributed by atoms with Crippen LogP contribution in [0.1, 0.15) is 52.4 Å². The average molecular weight is 242 g/mol. The Morgan fingerprint density at radius 1 is 0.941 bits per heavy atom. The Hall–Kier alpha value is -0.120. The normalized spacial score (nSPS) is 32.8. The van der Waals surface area contributed by atoms with E-state index in [2.05, 4.69) is 13.8 Å². The van der Waals surface area contributed by atoms with E-state index in [0.29, 0.717) is 12.2 Å². The molecule has 0 N–H and O–H groups in total. The highest BCUT2D eigenvalue weighted by Gasteiger charge is 2.32. The Morgan fingerprint density at radius 2 is 1.41 bits per heavy atom. The molecule has 2 saturated heterocycles. The molecule has 0 amide bonds. The van der Waals surface area contributed by atoms with Gasteiger partial charge in [0.15, 0.2) is 0 Å². The molecule has 0 saturated carbocycles. The van der Waals surface area contributed by atoms with Gasteiger partial charge in [0, 0.05) is 13.2 Å². The van der Waals surface area contributed by atoms with Gasteiger partial charge in [0.2, 0.25) is 0 Å². The van der Waals surface area contributed by atoms with Crippen molar-refractivity contribution in [3.8, 4) is 0 Å². The Morgan fingerprint density at radius 3 is 1.71 bits per heavy atom. The summed E-state index contributed by atoms with van der Waals surface area (Å²) in [5, 5.41) is 0. The van der Waals surface area contributed by atoms with Gasteiger partial charge < -0.3 is 14.2 Å². The minimum absolute atomic E-state index is 0.256. The molecule has 0 spiro atoms. The molecule has 2 rings (SSSR count). The summed E-state index contributed by atoms with van der Waals surface area (Å²) in [7, 11) is 0. The first-order valence-electron chi connectivity index (χ1n) is 7.23. The van der Waals surface area contributed by atoms with E-state index in [1.54, 1.807) is 0 Å². The van der Waals surface area contributed by atoms with Crippen LogP contribution in [0.4, 0.5) is 0 Å². The van der Waals surface area contributed by atoms with Crippen LogP contribution in [0, 0.1) is 0 Å². The van der Waals surface area contributed by atoms with Crippen LogP contribution in [0.2, 0.25) is 0 Å². The van der Waals surface area contributed by atoms with Crippen LogP contribution in [-0.2, 0) is 14.2 Å². The van der Waals surface area contributed by atoms with Crippen molar-refractivity contribution in [2.45, 2.75) is 76.8 Å². The lowest BCUT2D eigenvalue weighted by Gasteiger charge is -2.30. The topological polar surface area (TPSA) is 27.7 Å². The molecule has 2 aliphatic rings.